The second kappa shape index (κ2) is 6.88. The van der Waals surface area contributed by atoms with E-state index in [1.807, 2.05) is 18.2 Å². The molecule has 1 unspecified atom stereocenters. The van der Waals surface area contributed by atoms with Gasteiger partial charge in [-0.25, -0.2) is 8.70 Å². The third-order valence-corrected chi connectivity index (χ3v) is 7.02. The van der Waals surface area contributed by atoms with Gasteiger partial charge < -0.3 is 10.2 Å². The Morgan fingerprint density at radius 1 is 1.16 bits per heavy atom. The molecule has 2 heterocycles. The number of halogens is 1. The minimum Gasteiger partial charge on any atom is -0.326 e. The lowest BCUT2D eigenvalue weighted by molar-refractivity contribution is 0.395. The van der Waals surface area contributed by atoms with Gasteiger partial charge >= 0.3 is 0 Å². The Morgan fingerprint density at radius 3 is 2.64 bits per heavy atom. The lowest BCUT2D eigenvalue weighted by Crippen LogP contribution is -2.42. The average molecular weight is 358 g/mol. The second-order valence-corrected chi connectivity index (χ2v) is 8.15. The highest BCUT2D eigenvalue weighted by Gasteiger charge is 2.30. The molecule has 25 heavy (non-hydrogen) atoms. The van der Waals surface area contributed by atoms with Crippen molar-refractivity contribution < 1.29 is 4.39 Å². The number of hydrogen-bond donors (Lipinski definition) is 2. The molecule has 0 aromatic heterocycles. The van der Waals surface area contributed by atoms with Crippen LogP contribution >= 0.6 is 10.7 Å². The molecule has 0 aliphatic carbocycles. The Labute approximate surface area is 150 Å². The van der Waals surface area contributed by atoms with Gasteiger partial charge in [-0.2, -0.15) is 0 Å². The second-order valence-electron chi connectivity index (χ2n) is 6.21. The van der Waals surface area contributed by atoms with Gasteiger partial charge in [-0.3, -0.25) is 5.73 Å². The summed E-state index contributed by atoms with van der Waals surface area (Å²) in [6, 6.07) is 13.2. The molecule has 2 aliphatic heterocycles. The molecule has 0 amide bonds. The number of benzene rings is 2. The molecule has 4 rings (SSSR count). The Kier molecular flexibility index (Phi) is 4.60. The van der Waals surface area contributed by atoms with E-state index in [1.54, 1.807) is 6.07 Å². The molecule has 1 saturated heterocycles. The zero-order valence-corrected chi connectivity index (χ0v) is 15.2. The van der Waals surface area contributed by atoms with Crippen molar-refractivity contribution in [3.63, 3.8) is 0 Å². The Hall–Kier alpha value is -1.73. The van der Waals surface area contributed by atoms with Crippen molar-refractivity contribution in [1.82, 2.24) is 9.62 Å². The summed E-state index contributed by atoms with van der Waals surface area (Å²) in [6.45, 7) is 6.90. The Bertz CT molecular complexity index is 830. The lowest BCUT2D eigenvalue weighted by atomic mass is 10.0. The number of rotatable bonds is 3. The maximum absolute atomic E-state index is 14.2. The number of hydrogen-bond acceptors (Lipinski definition) is 4. The van der Waals surface area contributed by atoms with Crippen molar-refractivity contribution in [2.75, 3.05) is 37.6 Å². The summed E-state index contributed by atoms with van der Waals surface area (Å²) in [4.78, 5) is 3.42. The molecule has 2 aliphatic rings. The van der Waals surface area contributed by atoms with Gasteiger partial charge in [0.1, 0.15) is 10.9 Å². The van der Waals surface area contributed by atoms with E-state index >= 15 is 0 Å². The van der Waals surface area contributed by atoms with E-state index < -0.39 is 0 Å². The van der Waals surface area contributed by atoms with Gasteiger partial charge in [0.15, 0.2) is 0 Å². The fourth-order valence-electron chi connectivity index (χ4n) is 3.51. The SMILES string of the molecule is CCN1C(N)=S(N2CCNCC2)c2ccc(-c3ccccc3F)cc21. The summed E-state index contributed by atoms with van der Waals surface area (Å²) in [5, 5.41) is 4.30. The van der Waals surface area contributed by atoms with E-state index in [0.717, 1.165) is 49.1 Å². The average Bonchev–Trinajstić information content (AvgIpc) is 2.93. The summed E-state index contributed by atoms with van der Waals surface area (Å²) in [6.07, 6.45) is 0. The molecular formula is C19H23FN4S. The molecule has 0 spiro atoms. The highest BCUT2D eigenvalue weighted by atomic mass is 32.2. The molecule has 6 heteroatoms. The van der Waals surface area contributed by atoms with Gasteiger partial charge in [-0.1, -0.05) is 24.3 Å². The summed E-state index contributed by atoms with van der Waals surface area (Å²) < 4.78 is 16.7. The standard InChI is InChI=1S/C19H23FN4S/c1-2-24-17-13-14(15-5-3-4-6-16(15)20)7-8-18(17)25(19(24)21)23-11-9-22-10-12-23/h3-8,13,22H,2,9-12,21H2,1H3. The predicted molar refractivity (Wildman–Crippen MR) is 104 cm³/mol. The maximum atomic E-state index is 14.2. The van der Waals surface area contributed by atoms with Crippen LogP contribution in [0, 0.1) is 5.82 Å². The summed E-state index contributed by atoms with van der Waals surface area (Å²) in [7, 11) is -0.213. The first-order valence-corrected chi connectivity index (χ1v) is 9.88. The van der Waals surface area contributed by atoms with Crippen LogP contribution < -0.4 is 16.0 Å². The highest BCUT2D eigenvalue weighted by Crippen LogP contribution is 2.46. The maximum Gasteiger partial charge on any atom is 0.131 e. The molecule has 132 valence electrons. The van der Waals surface area contributed by atoms with E-state index in [2.05, 4.69) is 33.6 Å². The zero-order valence-electron chi connectivity index (χ0n) is 14.3. The van der Waals surface area contributed by atoms with Crippen molar-refractivity contribution in [3.05, 3.63) is 48.3 Å². The monoisotopic (exact) mass is 358 g/mol. The molecule has 0 bridgehead atoms. The summed E-state index contributed by atoms with van der Waals surface area (Å²) in [5.74, 6) is -0.193. The molecule has 1 fully saturated rings. The van der Waals surface area contributed by atoms with Crippen LogP contribution in [-0.2, 0) is 0 Å². The van der Waals surface area contributed by atoms with Crippen LogP contribution in [0.2, 0.25) is 0 Å². The lowest BCUT2D eigenvalue weighted by Gasteiger charge is -2.29. The third-order valence-electron chi connectivity index (χ3n) is 4.76. The van der Waals surface area contributed by atoms with E-state index in [-0.39, 0.29) is 16.5 Å². The Balaban J connectivity index is 1.78. The topological polar surface area (TPSA) is 44.5 Å². The largest absolute Gasteiger partial charge is 0.326 e. The highest BCUT2D eigenvalue weighted by molar-refractivity contribution is 8.14. The third kappa shape index (κ3) is 2.89. The van der Waals surface area contributed by atoms with Gasteiger partial charge in [-0.05, 0) is 41.4 Å². The molecule has 2 aromatic rings. The van der Waals surface area contributed by atoms with Gasteiger partial charge in [0.05, 0.1) is 5.69 Å². The molecule has 4 nitrogen and oxygen atoms in total. The van der Waals surface area contributed by atoms with Crippen molar-refractivity contribution in [2.24, 2.45) is 5.73 Å². The van der Waals surface area contributed by atoms with Crippen molar-refractivity contribution in [2.45, 2.75) is 11.8 Å². The predicted octanol–water partition coefficient (Wildman–Crippen LogP) is 2.83. The van der Waals surface area contributed by atoms with Crippen LogP contribution in [0.3, 0.4) is 0 Å². The number of piperazine rings is 1. The minimum absolute atomic E-state index is 0.193. The summed E-state index contributed by atoms with van der Waals surface area (Å²) >= 11 is 0. The fourth-order valence-corrected chi connectivity index (χ4v) is 5.83. The molecule has 0 radical (unpaired) electrons. The first-order chi connectivity index (χ1) is 12.2. The first-order valence-electron chi connectivity index (χ1n) is 8.69. The van der Waals surface area contributed by atoms with Crippen molar-refractivity contribution in [3.8, 4) is 11.1 Å². The van der Waals surface area contributed by atoms with E-state index in [1.165, 1.54) is 11.0 Å². The number of nitrogens with zero attached hydrogens (tertiary/aromatic N) is 2. The molecule has 1 atom stereocenters. The molecule has 0 saturated carbocycles. The zero-order chi connectivity index (χ0) is 17.4. The van der Waals surface area contributed by atoms with Crippen LogP contribution in [0.4, 0.5) is 10.1 Å². The van der Waals surface area contributed by atoms with Gasteiger partial charge in [0.25, 0.3) is 0 Å². The van der Waals surface area contributed by atoms with Gasteiger partial charge in [0, 0.05) is 43.2 Å². The van der Waals surface area contributed by atoms with Gasteiger partial charge in [-0.15, -0.1) is 0 Å². The number of nitrogens with one attached hydrogen (secondary N) is 1. The van der Waals surface area contributed by atoms with E-state index in [9.17, 15) is 4.39 Å². The quantitative estimate of drug-likeness (QED) is 0.828. The van der Waals surface area contributed by atoms with Gasteiger partial charge in [0.2, 0.25) is 0 Å². The number of fused-ring (bicyclic) bond motifs is 1. The van der Waals surface area contributed by atoms with Crippen LogP contribution in [0.15, 0.2) is 47.4 Å². The smallest absolute Gasteiger partial charge is 0.131 e. The molecule has 2 aromatic carbocycles. The van der Waals surface area contributed by atoms with Crippen molar-refractivity contribution >= 4 is 21.5 Å². The van der Waals surface area contributed by atoms with Crippen LogP contribution in [0.5, 0.6) is 0 Å². The normalized spacial score (nSPS) is 20.8. The summed E-state index contributed by atoms with van der Waals surface area (Å²) in [5.41, 5.74) is 9.20. The van der Waals surface area contributed by atoms with E-state index in [0.29, 0.717) is 5.56 Å². The van der Waals surface area contributed by atoms with Crippen LogP contribution in [0.25, 0.3) is 11.1 Å². The number of anilines is 1. The minimum atomic E-state index is -0.213. The first kappa shape index (κ1) is 16.7. The van der Waals surface area contributed by atoms with Crippen molar-refractivity contribution in [1.29, 1.82) is 0 Å². The Morgan fingerprint density at radius 2 is 1.92 bits per heavy atom. The molecular weight excluding hydrogens is 335 g/mol. The fraction of sp³-hybridized carbons (Fsp3) is 0.316. The van der Waals surface area contributed by atoms with Crippen LogP contribution in [0.1, 0.15) is 6.92 Å². The van der Waals surface area contributed by atoms with E-state index in [4.69, 9.17) is 5.73 Å². The molecule has 3 N–H and O–H groups in total. The number of nitrogens with two attached hydrogens (primary N) is 1. The van der Waals surface area contributed by atoms with Crippen LogP contribution in [-0.4, -0.2) is 42.1 Å².